The summed E-state index contributed by atoms with van der Waals surface area (Å²) in [6, 6.07) is 0. The van der Waals surface area contributed by atoms with Gasteiger partial charge in [-0.3, -0.25) is 4.79 Å². The van der Waals surface area contributed by atoms with Crippen LogP contribution in [0.2, 0.25) is 0 Å². The molecule has 0 aromatic rings. The summed E-state index contributed by atoms with van der Waals surface area (Å²) in [5.41, 5.74) is 0.521. The average Bonchev–Trinajstić information content (AvgIpc) is 2.98. The van der Waals surface area contributed by atoms with Crippen molar-refractivity contribution >= 4 is 5.78 Å². The van der Waals surface area contributed by atoms with Crippen LogP contribution in [0.25, 0.3) is 0 Å². The van der Waals surface area contributed by atoms with E-state index in [2.05, 4.69) is 13.8 Å². The molecular formula is C15H22O3. The molecule has 6 atom stereocenters. The van der Waals surface area contributed by atoms with Crippen molar-refractivity contribution in [2.45, 2.75) is 39.7 Å². The zero-order valence-corrected chi connectivity index (χ0v) is 11.3. The van der Waals surface area contributed by atoms with E-state index in [1.54, 1.807) is 6.08 Å². The molecule has 0 spiro atoms. The predicted molar refractivity (Wildman–Crippen MR) is 67.8 cm³/mol. The van der Waals surface area contributed by atoms with Gasteiger partial charge in [0.15, 0.2) is 5.78 Å². The molecular weight excluding hydrogens is 228 g/mol. The molecule has 0 amide bonds. The number of fused-ring (bicyclic) bond motifs is 3. The Balaban J connectivity index is 2.10. The molecule has 0 unspecified atom stereocenters. The minimum Gasteiger partial charge on any atom is -0.396 e. The van der Waals surface area contributed by atoms with Gasteiger partial charge < -0.3 is 10.2 Å². The lowest BCUT2D eigenvalue weighted by Gasteiger charge is -2.47. The van der Waals surface area contributed by atoms with Crippen molar-refractivity contribution in [3.63, 3.8) is 0 Å². The first-order valence-corrected chi connectivity index (χ1v) is 6.92. The van der Waals surface area contributed by atoms with Gasteiger partial charge in [0, 0.05) is 17.9 Å². The first kappa shape index (κ1) is 12.4. The van der Waals surface area contributed by atoms with Gasteiger partial charge in [0.05, 0.1) is 6.10 Å². The number of ketones is 1. The highest BCUT2D eigenvalue weighted by Gasteiger charge is 2.73. The molecule has 0 saturated heterocycles. The second-order valence-electron chi connectivity index (χ2n) is 6.90. The van der Waals surface area contributed by atoms with Gasteiger partial charge in [-0.25, -0.2) is 0 Å². The number of allylic oxidation sites excluding steroid dienone is 1. The lowest BCUT2D eigenvalue weighted by Crippen LogP contribution is -2.43. The zero-order chi connectivity index (χ0) is 13.3. The minimum absolute atomic E-state index is 0.0380. The van der Waals surface area contributed by atoms with Crippen molar-refractivity contribution in [2.24, 2.45) is 28.6 Å². The fourth-order valence-corrected chi connectivity index (χ4v) is 4.77. The van der Waals surface area contributed by atoms with E-state index < -0.39 is 6.10 Å². The van der Waals surface area contributed by atoms with Gasteiger partial charge in [-0.1, -0.05) is 20.8 Å². The molecule has 100 valence electrons. The molecule has 3 aliphatic rings. The Morgan fingerprint density at radius 1 is 1.39 bits per heavy atom. The summed E-state index contributed by atoms with van der Waals surface area (Å²) in [5.74, 6) is 0.731. The van der Waals surface area contributed by atoms with Gasteiger partial charge in [-0.2, -0.15) is 0 Å². The summed E-state index contributed by atoms with van der Waals surface area (Å²) in [5, 5.41) is 19.8. The Morgan fingerprint density at radius 3 is 2.67 bits per heavy atom. The predicted octanol–water partition coefficient (Wildman–Crippen LogP) is 1.54. The molecule has 2 saturated carbocycles. The van der Waals surface area contributed by atoms with Crippen molar-refractivity contribution in [3.05, 3.63) is 11.6 Å². The number of rotatable bonds is 1. The molecule has 3 heteroatoms. The lowest BCUT2D eigenvalue weighted by atomic mass is 9.58. The molecule has 3 nitrogen and oxygen atoms in total. The van der Waals surface area contributed by atoms with Gasteiger partial charge in [0.2, 0.25) is 0 Å². The highest BCUT2D eigenvalue weighted by molar-refractivity contribution is 5.97. The van der Waals surface area contributed by atoms with Crippen LogP contribution in [0.4, 0.5) is 0 Å². The number of carbonyl (C=O) groups excluding carboxylic acids is 1. The summed E-state index contributed by atoms with van der Waals surface area (Å²) in [4.78, 5) is 12.2. The maximum Gasteiger partial charge on any atom is 0.159 e. The normalized spacial score (nSPS) is 54.5. The quantitative estimate of drug-likeness (QED) is 0.742. The van der Waals surface area contributed by atoms with E-state index in [0.29, 0.717) is 5.92 Å². The van der Waals surface area contributed by atoms with Gasteiger partial charge in [0.25, 0.3) is 0 Å². The fraction of sp³-hybridized carbons (Fsp3) is 0.800. The van der Waals surface area contributed by atoms with Gasteiger partial charge >= 0.3 is 0 Å². The Hall–Kier alpha value is -0.670. The van der Waals surface area contributed by atoms with Crippen LogP contribution in [0.15, 0.2) is 11.6 Å². The second kappa shape index (κ2) is 3.45. The van der Waals surface area contributed by atoms with E-state index in [1.165, 1.54) is 0 Å². The standard InChI is InChI=1S/C15H22O3/c1-8-4-5-10(17)9-6-11(18)12-13(15(8,9)3)14(12,2)7-16/h6,8,10,12-13,16-17H,4-5,7H2,1-3H3/t8-,10-,12-,13+,14+,15+/m0/s1. The largest absolute Gasteiger partial charge is 0.396 e. The maximum atomic E-state index is 12.2. The SMILES string of the molecule is C[C@H]1CC[C@H](O)C2=CC(=O)[C@H]3[C@H]([C@]3(C)CO)[C@@]21C. The molecule has 3 aliphatic carbocycles. The zero-order valence-electron chi connectivity index (χ0n) is 11.3. The molecule has 0 aromatic carbocycles. The van der Waals surface area contributed by atoms with E-state index in [4.69, 9.17) is 0 Å². The summed E-state index contributed by atoms with van der Waals surface area (Å²) >= 11 is 0. The Labute approximate surface area is 108 Å². The molecule has 0 bridgehead atoms. The third-order valence-corrected chi connectivity index (χ3v) is 6.11. The maximum absolute atomic E-state index is 12.2. The molecule has 3 rings (SSSR count). The number of aliphatic hydroxyl groups excluding tert-OH is 2. The molecule has 18 heavy (non-hydrogen) atoms. The Morgan fingerprint density at radius 2 is 2.06 bits per heavy atom. The van der Waals surface area contributed by atoms with E-state index in [9.17, 15) is 15.0 Å². The van der Waals surface area contributed by atoms with Crippen LogP contribution in [0, 0.1) is 28.6 Å². The Kier molecular flexibility index (Phi) is 2.37. The molecule has 0 aliphatic heterocycles. The molecule has 0 aromatic heterocycles. The van der Waals surface area contributed by atoms with Crippen LogP contribution in [-0.2, 0) is 4.79 Å². The first-order valence-electron chi connectivity index (χ1n) is 6.92. The highest BCUT2D eigenvalue weighted by atomic mass is 16.3. The van der Waals surface area contributed by atoms with Crippen molar-refractivity contribution in [2.75, 3.05) is 6.61 Å². The van der Waals surface area contributed by atoms with Crippen LogP contribution < -0.4 is 0 Å². The number of hydrogen-bond donors (Lipinski definition) is 2. The van der Waals surface area contributed by atoms with E-state index in [1.807, 2.05) is 6.92 Å². The fourth-order valence-electron chi connectivity index (χ4n) is 4.77. The molecule has 0 radical (unpaired) electrons. The van der Waals surface area contributed by atoms with E-state index in [0.717, 1.165) is 18.4 Å². The van der Waals surface area contributed by atoms with Crippen molar-refractivity contribution < 1.29 is 15.0 Å². The summed E-state index contributed by atoms with van der Waals surface area (Å²) < 4.78 is 0. The number of aliphatic hydroxyl groups is 2. The van der Waals surface area contributed by atoms with Gasteiger partial charge in [-0.05, 0) is 41.7 Å². The lowest BCUT2D eigenvalue weighted by molar-refractivity contribution is -0.118. The molecule has 2 N–H and O–H groups in total. The van der Waals surface area contributed by atoms with E-state index >= 15 is 0 Å². The van der Waals surface area contributed by atoms with Gasteiger partial charge in [-0.15, -0.1) is 0 Å². The van der Waals surface area contributed by atoms with Crippen LogP contribution in [0.1, 0.15) is 33.6 Å². The van der Waals surface area contributed by atoms with E-state index in [-0.39, 0.29) is 35.1 Å². The van der Waals surface area contributed by atoms with Crippen molar-refractivity contribution in [1.82, 2.24) is 0 Å². The topological polar surface area (TPSA) is 57.5 Å². The third kappa shape index (κ3) is 1.19. The van der Waals surface area contributed by atoms with Crippen LogP contribution in [0.5, 0.6) is 0 Å². The van der Waals surface area contributed by atoms with Gasteiger partial charge in [0.1, 0.15) is 0 Å². The average molecular weight is 250 g/mol. The molecule has 0 heterocycles. The summed E-state index contributed by atoms with van der Waals surface area (Å²) in [6.07, 6.45) is 2.96. The number of carbonyl (C=O) groups is 1. The Bertz CT molecular complexity index is 441. The first-order chi connectivity index (χ1) is 8.37. The second-order valence-corrected chi connectivity index (χ2v) is 6.90. The van der Waals surface area contributed by atoms with Crippen molar-refractivity contribution in [1.29, 1.82) is 0 Å². The minimum atomic E-state index is -0.473. The summed E-state index contributed by atoms with van der Waals surface area (Å²) in [6.45, 7) is 6.46. The molecule has 2 fully saturated rings. The van der Waals surface area contributed by atoms with Crippen LogP contribution in [-0.4, -0.2) is 28.7 Å². The van der Waals surface area contributed by atoms with Crippen LogP contribution in [0.3, 0.4) is 0 Å². The monoisotopic (exact) mass is 250 g/mol. The highest BCUT2D eigenvalue weighted by Crippen LogP contribution is 2.73. The summed E-state index contributed by atoms with van der Waals surface area (Å²) in [7, 11) is 0. The van der Waals surface area contributed by atoms with Crippen LogP contribution >= 0.6 is 0 Å². The smallest absolute Gasteiger partial charge is 0.159 e. The number of hydrogen-bond acceptors (Lipinski definition) is 3. The third-order valence-electron chi connectivity index (χ3n) is 6.11. The van der Waals surface area contributed by atoms with Crippen molar-refractivity contribution in [3.8, 4) is 0 Å².